The first kappa shape index (κ1) is 20.4. The van der Waals surface area contributed by atoms with Crippen LogP contribution in [0.3, 0.4) is 0 Å². The second-order valence-corrected chi connectivity index (χ2v) is 9.31. The highest BCUT2D eigenvalue weighted by molar-refractivity contribution is 7.89. The van der Waals surface area contributed by atoms with Gasteiger partial charge in [0.15, 0.2) is 0 Å². The maximum absolute atomic E-state index is 12.5. The van der Waals surface area contributed by atoms with Gasteiger partial charge in [-0.25, -0.2) is 12.7 Å². The van der Waals surface area contributed by atoms with Crippen LogP contribution >= 0.6 is 0 Å². The highest BCUT2D eigenvalue weighted by Gasteiger charge is 2.23. The number of amides is 1. The van der Waals surface area contributed by atoms with Crippen molar-refractivity contribution in [2.75, 3.05) is 26.5 Å². The van der Waals surface area contributed by atoms with Crippen LogP contribution < -0.4 is 10.1 Å². The summed E-state index contributed by atoms with van der Waals surface area (Å²) in [6, 6.07) is 10.8. The molecule has 2 aromatic rings. The molecule has 0 heterocycles. The lowest BCUT2D eigenvalue weighted by molar-refractivity contribution is -0.115. The van der Waals surface area contributed by atoms with Crippen LogP contribution in [0.25, 0.3) is 0 Å². The first-order valence-corrected chi connectivity index (χ1v) is 10.8. The predicted octanol–water partition coefficient (Wildman–Crippen LogP) is 3.01. The minimum atomic E-state index is -3.69. The Balaban J connectivity index is 1.77. The molecule has 28 heavy (non-hydrogen) atoms. The minimum Gasteiger partial charge on any atom is -0.495 e. The molecule has 0 saturated carbocycles. The van der Waals surface area contributed by atoms with Crippen molar-refractivity contribution >= 4 is 21.6 Å². The first-order valence-electron chi connectivity index (χ1n) is 9.32. The fourth-order valence-corrected chi connectivity index (χ4v) is 4.51. The van der Waals surface area contributed by atoms with Gasteiger partial charge in [-0.3, -0.25) is 4.79 Å². The van der Waals surface area contributed by atoms with E-state index < -0.39 is 10.0 Å². The normalized spacial score (nSPS) is 13.9. The molecule has 1 amide bonds. The number of hydrogen-bond acceptors (Lipinski definition) is 4. The summed E-state index contributed by atoms with van der Waals surface area (Å²) in [7, 11) is 0.634. The van der Waals surface area contributed by atoms with E-state index >= 15 is 0 Å². The summed E-state index contributed by atoms with van der Waals surface area (Å²) in [5.41, 5.74) is 4.10. The molecule has 0 atom stereocenters. The average molecular weight is 403 g/mol. The van der Waals surface area contributed by atoms with Crippen LogP contribution in [0.5, 0.6) is 5.75 Å². The van der Waals surface area contributed by atoms with E-state index in [2.05, 4.69) is 17.4 Å². The first-order chi connectivity index (χ1) is 13.3. The van der Waals surface area contributed by atoms with Gasteiger partial charge >= 0.3 is 0 Å². The number of carbonyl (C=O) groups is 1. The Hall–Kier alpha value is -2.38. The van der Waals surface area contributed by atoms with Crippen LogP contribution in [0.2, 0.25) is 0 Å². The van der Waals surface area contributed by atoms with Crippen LogP contribution in [0.1, 0.15) is 29.5 Å². The van der Waals surface area contributed by atoms with Crippen molar-refractivity contribution in [3.8, 4) is 5.75 Å². The Morgan fingerprint density at radius 1 is 1.07 bits per heavy atom. The molecule has 0 unspecified atom stereocenters. The Labute approximate surface area is 166 Å². The summed E-state index contributed by atoms with van der Waals surface area (Å²) in [5, 5.41) is 2.80. The van der Waals surface area contributed by atoms with E-state index in [1.54, 1.807) is 12.1 Å². The summed E-state index contributed by atoms with van der Waals surface area (Å²) < 4.78 is 31.3. The molecule has 6 nitrogen and oxygen atoms in total. The molecule has 1 aliphatic carbocycles. The van der Waals surface area contributed by atoms with Gasteiger partial charge in [0.05, 0.1) is 13.5 Å². The molecular formula is C21H26N2O4S. The monoisotopic (exact) mass is 402 g/mol. The number of ether oxygens (including phenoxy) is 1. The quantitative estimate of drug-likeness (QED) is 0.806. The SMILES string of the molecule is COc1ccc(NC(=O)Cc2ccc3c(c2)CCCC3)cc1S(=O)(=O)N(C)C. The molecule has 0 aliphatic heterocycles. The Morgan fingerprint density at radius 3 is 2.46 bits per heavy atom. The molecule has 0 aromatic heterocycles. The molecule has 0 spiro atoms. The van der Waals surface area contributed by atoms with E-state index in [0.717, 1.165) is 22.7 Å². The number of fused-ring (bicyclic) bond motifs is 1. The second-order valence-electron chi connectivity index (χ2n) is 7.19. The maximum Gasteiger partial charge on any atom is 0.246 e. The molecule has 0 bridgehead atoms. The van der Waals surface area contributed by atoms with Gasteiger partial charge in [-0.1, -0.05) is 18.2 Å². The average Bonchev–Trinajstić information content (AvgIpc) is 2.67. The second kappa shape index (κ2) is 8.32. The molecule has 1 N–H and O–H groups in total. The standard InChI is InChI=1S/C21H26N2O4S/c1-23(2)28(25,26)20-14-18(10-11-19(20)27-3)22-21(24)13-15-8-9-16-6-4-5-7-17(16)12-15/h8-12,14H,4-7,13H2,1-3H3,(H,22,24). The lowest BCUT2D eigenvalue weighted by Gasteiger charge is -2.17. The Bertz CT molecular complexity index is 984. The largest absolute Gasteiger partial charge is 0.495 e. The van der Waals surface area contributed by atoms with Gasteiger partial charge in [0.1, 0.15) is 10.6 Å². The van der Waals surface area contributed by atoms with Crippen LogP contribution in [-0.4, -0.2) is 39.8 Å². The third kappa shape index (κ3) is 4.36. The number of nitrogens with zero attached hydrogens (tertiary/aromatic N) is 1. The molecule has 0 fully saturated rings. The number of aryl methyl sites for hydroxylation is 2. The van der Waals surface area contributed by atoms with E-state index in [9.17, 15) is 13.2 Å². The Morgan fingerprint density at radius 2 is 1.79 bits per heavy atom. The van der Waals surface area contributed by atoms with Gasteiger partial charge in [-0.2, -0.15) is 0 Å². The number of benzene rings is 2. The van der Waals surface area contributed by atoms with Gasteiger partial charge in [-0.15, -0.1) is 0 Å². The van der Waals surface area contributed by atoms with Crippen molar-refractivity contribution in [3.63, 3.8) is 0 Å². The van der Waals surface area contributed by atoms with Gasteiger partial charge in [-0.05, 0) is 60.6 Å². The van der Waals surface area contributed by atoms with Crippen LogP contribution in [0.4, 0.5) is 5.69 Å². The number of carbonyl (C=O) groups excluding carboxylic acids is 1. The molecule has 0 saturated heterocycles. The van der Waals surface area contributed by atoms with Crippen LogP contribution in [0.15, 0.2) is 41.3 Å². The van der Waals surface area contributed by atoms with Crippen LogP contribution in [0, 0.1) is 0 Å². The zero-order valence-corrected chi connectivity index (χ0v) is 17.3. The molecule has 1 aliphatic rings. The highest BCUT2D eigenvalue weighted by Crippen LogP contribution is 2.29. The fourth-order valence-electron chi connectivity index (χ4n) is 3.44. The summed E-state index contributed by atoms with van der Waals surface area (Å²) in [6.07, 6.45) is 4.83. The van der Waals surface area contributed by atoms with Gasteiger partial charge in [0.25, 0.3) is 0 Å². The smallest absolute Gasteiger partial charge is 0.246 e. The number of methoxy groups -OCH3 is 1. The predicted molar refractivity (Wildman–Crippen MR) is 109 cm³/mol. The zero-order valence-electron chi connectivity index (χ0n) is 16.5. The maximum atomic E-state index is 12.5. The Kier molecular flexibility index (Phi) is 6.05. The number of hydrogen-bond donors (Lipinski definition) is 1. The number of anilines is 1. The lowest BCUT2D eigenvalue weighted by atomic mass is 9.90. The van der Waals surface area contributed by atoms with Gasteiger partial charge < -0.3 is 10.1 Å². The van der Waals surface area contributed by atoms with E-state index in [1.165, 1.54) is 51.2 Å². The summed E-state index contributed by atoms with van der Waals surface area (Å²) in [5.74, 6) is 0.0514. The zero-order chi connectivity index (χ0) is 20.3. The molecular weight excluding hydrogens is 376 g/mol. The summed E-state index contributed by atoms with van der Waals surface area (Å²) in [6.45, 7) is 0. The fraction of sp³-hybridized carbons (Fsp3) is 0.381. The number of rotatable bonds is 6. The van der Waals surface area contributed by atoms with Gasteiger partial charge in [0.2, 0.25) is 15.9 Å². The molecule has 3 rings (SSSR count). The molecule has 2 aromatic carbocycles. The molecule has 7 heteroatoms. The van der Waals surface area contributed by atoms with Crippen molar-refractivity contribution < 1.29 is 17.9 Å². The van der Waals surface area contributed by atoms with E-state index in [1.807, 2.05) is 6.07 Å². The molecule has 150 valence electrons. The number of nitrogens with one attached hydrogen (secondary N) is 1. The van der Waals surface area contributed by atoms with Crippen molar-refractivity contribution in [2.45, 2.75) is 37.0 Å². The number of sulfonamides is 1. The van der Waals surface area contributed by atoms with E-state index in [0.29, 0.717) is 5.69 Å². The van der Waals surface area contributed by atoms with Crippen molar-refractivity contribution in [1.29, 1.82) is 0 Å². The van der Waals surface area contributed by atoms with E-state index in [-0.39, 0.29) is 23.0 Å². The lowest BCUT2D eigenvalue weighted by Crippen LogP contribution is -2.23. The highest BCUT2D eigenvalue weighted by atomic mass is 32.2. The molecule has 0 radical (unpaired) electrons. The van der Waals surface area contributed by atoms with Crippen molar-refractivity contribution in [1.82, 2.24) is 4.31 Å². The minimum absolute atomic E-state index is 0.0200. The van der Waals surface area contributed by atoms with Gasteiger partial charge in [0, 0.05) is 19.8 Å². The third-order valence-electron chi connectivity index (χ3n) is 4.98. The summed E-state index contributed by atoms with van der Waals surface area (Å²) >= 11 is 0. The summed E-state index contributed by atoms with van der Waals surface area (Å²) in [4.78, 5) is 12.5. The van der Waals surface area contributed by atoms with Crippen molar-refractivity contribution in [2.24, 2.45) is 0 Å². The van der Waals surface area contributed by atoms with Crippen LogP contribution in [-0.2, 0) is 34.1 Å². The van der Waals surface area contributed by atoms with Crippen molar-refractivity contribution in [3.05, 3.63) is 53.1 Å². The third-order valence-corrected chi connectivity index (χ3v) is 6.82. The topological polar surface area (TPSA) is 75.7 Å². The van der Waals surface area contributed by atoms with E-state index in [4.69, 9.17) is 4.74 Å².